The van der Waals surface area contributed by atoms with Gasteiger partial charge in [-0.05, 0) is 0 Å². The standard InChI is InChI=1S/2C7H8N4O4/c2*8-1-10-3(12)7(4(10)13)5(14)11(2-9)6(7)15/h2*1-2,8-9H2. The molecule has 0 radical (unpaired) electrons. The number of imide groups is 4. The lowest BCUT2D eigenvalue weighted by molar-refractivity contribution is -0.202. The fraction of sp³-hybridized carbons (Fsp3) is 0.429. The van der Waals surface area contributed by atoms with Crippen molar-refractivity contribution >= 4 is 47.3 Å². The summed E-state index contributed by atoms with van der Waals surface area (Å²) in [6, 6.07) is 0. The first-order valence-corrected chi connectivity index (χ1v) is 8.32. The Balaban J connectivity index is 0.000000171. The Kier molecular flexibility index (Phi) is 4.54. The zero-order valence-corrected chi connectivity index (χ0v) is 15.2. The highest BCUT2D eigenvalue weighted by Gasteiger charge is 2.80. The summed E-state index contributed by atoms with van der Waals surface area (Å²) in [6.45, 7) is -1.32. The van der Waals surface area contributed by atoms with Crippen molar-refractivity contribution in [3.8, 4) is 0 Å². The second-order valence-corrected chi connectivity index (χ2v) is 6.38. The number of hydrogen-bond acceptors (Lipinski definition) is 12. The van der Waals surface area contributed by atoms with E-state index in [2.05, 4.69) is 0 Å². The maximum atomic E-state index is 11.4. The van der Waals surface area contributed by atoms with Crippen LogP contribution >= 0.6 is 0 Å². The number of nitrogens with zero attached hydrogens (tertiary/aromatic N) is 4. The van der Waals surface area contributed by atoms with Gasteiger partial charge in [-0.15, -0.1) is 0 Å². The van der Waals surface area contributed by atoms with E-state index >= 15 is 0 Å². The van der Waals surface area contributed by atoms with Crippen molar-refractivity contribution < 1.29 is 38.4 Å². The number of nitrogens with two attached hydrogens (primary N) is 4. The lowest BCUT2D eigenvalue weighted by Crippen LogP contribution is -2.84. The molecule has 0 aromatic rings. The molecule has 4 saturated heterocycles. The molecule has 2 spiro atoms. The Hall–Kier alpha value is -3.60. The Labute approximate surface area is 166 Å². The van der Waals surface area contributed by atoms with Gasteiger partial charge in [-0.1, -0.05) is 0 Å². The first kappa shape index (κ1) is 21.1. The normalized spacial score (nSPS) is 23.3. The van der Waals surface area contributed by atoms with Crippen molar-refractivity contribution in [1.29, 1.82) is 0 Å². The van der Waals surface area contributed by atoms with Gasteiger partial charge < -0.3 is 22.9 Å². The molecule has 4 aliphatic rings. The quantitative estimate of drug-likeness (QED) is 0.242. The van der Waals surface area contributed by atoms with Gasteiger partial charge in [0.1, 0.15) is 0 Å². The van der Waals surface area contributed by atoms with Crippen molar-refractivity contribution in [2.24, 2.45) is 33.8 Å². The summed E-state index contributed by atoms with van der Waals surface area (Å²) in [5.41, 5.74) is 16.1. The van der Waals surface area contributed by atoms with Crippen LogP contribution in [-0.2, 0) is 38.4 Å². The molecule has 160 valence electrons. The average molecular weight is 424 g/mol. The van der Waals surface area contributed by atoms with Crippen LogP contribution in [-0.4, -0.2) is 93.5 Å². The van der Waals surface area contributed by atoms with Crippen LogP contribution in [0.4, 0.5) is 0 Å². The Morgan fingerprint density at radius 1 is 0.400 bits per heavy atom. The summed E-state index contributed by atoms with van der Waals surface area (Å²) in [7, 11) is 0. The minimum absolute atomic E-state index is 0.331. The maximum Gasteiger partial charge on any atom is 0.285 e. The van der Waals surface area contributed by atoms with Crippen molar-refractivity contribution in [3.63, 3.8) is 0 Å². The molecular weight excluding hydrogens is 408 g/mol. The van der Waals surface area contributed by atoms with E-state index < -0.39 is 58.1 Å². The lowest BCUT2D eigenvalue weighted by atomic mass is 9.69. The summed E-state index contributed by atoms with van der Waals surface area (Å²) < 4.78 is 0. The minimum atomic E-state index is -2.14. The van der Waals surface area contributed by atoms with Gasteiger partial charge in [0, 0.05) is 0 Å². The highest BCUT2D eigenvalue weighted by molar-refractivity contribution is 6.53. The number of amides is 8. The van der Waals surface area contributed by atoms with Crippen molar-refractivity contribution in [1.82, 2.24) is 19.6 Å². The molecular formula is C14H16N8O8. The van der Waals surface area contributed by atoms with Crippen LogP contribution in [0.5, 0.6) is 0 Å². The van der Waals surface area contributed by atoms with Gasteiger partial charge in [-0.2, -0.15) is 0 Å². The molecule has 0 aromatic heterocycles. The fourth-order valence-corrected chi connectivity index (χ4v) is 3.54. The van der Waals surface area contributed by atoms with E-state index in [-0.39, 0.29) is 26.7 Å². The van der Waals surface area contributed by atoms with Gasteiger partial charge >= 0.3 is 0 Å². The molecule has 16 heteroatoms. The highest BCUT2D eigenvalue weighted by Crippen LogP contribution is 2.44. The second kappa shape index (κ2) is 6.46. The average Bonchev–Trinajstić information content (AvgIpc) is 2.71. The largest absolute Gasteiger partial charge is 0.313 e. The van der Waals surface area contributed by atoms with E-state index in [0.717, 1.165) is 0 Å². The molecule has 16 nitrogen and oxygen atoms in total. The third-order valence-electron chi connectivity index (χ3n) is 5.26. The molecule has 0 bridgehead atoms. The Morgan fingerprint density at radius 3 is 0.633 bits per heavy atom. The summed E-state index contributed by atoms with van der Waals surface area (Å²) in [4.78, 5) is 93.9. The van der Waals surface area contributed by atoms with Crippen LogP contribution in [0.3, 0.4) is 0 Å². The molecule has 8 N–H and O–H groups in total. The van der Waals surface area contributed by atoms with Crippen LogP contribution in [0.1, 0.15) is 0 Å². The van der Waals surface area contributed by atoms with Crippen LogP contribution in [0, 0.1) is 10.8 Å². The zero-order chi connectivity index (χ0) is 22.8. The summed E-state index contributed by atoms with van der Waals surface area (Å²) in [6.07, 6.45) is 0. The molecule has 4 aliphatic heterocycles. The molecule has 30 heavy (non-hydrogen) atoms. The van der Waals surface area contributed by atoms with Gasteiger partial charge in [-0.25, -0.2) is 0 Å². The number of likely N-dealkylation sites (tertiary alicyclic amines) is 4. The van der Waals surface area contributed by atoms with Crippen molar-refractivity contribution in [2.45, 2.75) is 0 Å². The molecule has 4 fully saturated rings. The topological polar surface area (TPSA) is 254 Å². The van der Waals surface area contributed by atoms with Crippen LogP contribution in [0.2, 0.25) is 0 Å². The van der Waals surface area contributed by atoms with Crippen LogP contribution < -0.4 is 22.9 Å². The predicted octanol–water partition coefficient (Wildman–Crippen LogP) is -6.91. The fourth-order valence-electron chi connectivity index (χ4n) is 3.54. The van der Waals surface area contributed by atoms with Crippen LogP contribution in [0.15, 0.2) is 0 Å². The van der Waals surface area contributed by atoms with Gasteiger partial charge in [0.05, 0.1) is 26.7 Å². The van der Waals surface area contributed by atoms with Crippen molar-refractivity contribution in [2.75, 3.05) is 26.7 Å². The molecule has 4 heterocycles. The number of hydrogen-bond donors (Lipinski definition) is 4. The van der Waals surface area contributed by atoms with E-state index in [0.29, 0.717) is 19.6 Å². The third kappa shape index (κ3) is 1.88. The maximum absolute atomic E-state index is 11.4. The van der Waals surface area contributed by atoms with E-state index in [9.17, 15) is 38.4 Å². The number of carbonyl (C=O) groups excluding carboxylic acids is 8. The van der Waals surface area contributed by atoms with E-state index in [1.165, 1.54) is 0 Å². The smallest absolute Gasteiger partial charge is 0.285 e. The van der Waals surface area contributed by atoms with Gasteiger partial charge in [0.25, 0.3) is 58.1 Å². The Morgan fingerprint density at radius 2 is 0.533 bits per heavy atom. The van der Waals surface area contributed by atoms with E-state index in [1.54, 1.807) is 0 Å². The summed E-state index contributed by atoms with van der Waals surface area (Å²) in [5.74, 6) is -6.82. The highest BCUT2D eigenvalue weighted by atomic mass is 16.2. The molecule has 4 rings (SSSR count). The molecule has 0 atom stereocenters. The summed E-state index contributed by atoms with van der Waals surface area (Å²) >= 11 is 0. The van der Waals surface area contributed by atoms with Crippen LogP contribution in [0.25, 0.3) is 0 Å². The number of β-lactam (4-membered cyclic amide) rings is 8. The SMILES string of the molecule is NCN1C(=O)C2(C1=O)C(=O)N(CN)C2=O.NCN1C(=O)C2(C1=O)C(=O)N(CN)C2=O. The molecule has 0 unspecified atom stereocenters. The Bertz CT molecular complexity index is 737. The van der Waals surface area contributed by atoms with Gasteiger partial charge in [-0.3, -0.25) is 58.0 Å². The van der Waals surface area contributed by atoms with Crippen molar-refractivity contribution in [3.05, 3.63) is 0 Å². The number of carbonyl (C=O) groups is 8. The predicted molar refractivity (Wildman–Crippen MR) is 88.5 cm³/mol. The lowest BCUT2D eigenvalue weighted by Gasteiger charge is -2.51. The molecule has 8 amide bonds. The molecule has 0 saturated carbocycles. The molecule has 0 aliphatic carbocycles. The second-order valence-electron chi connectivity index (χ2n) is 6.38. The monoisotopic (exact) mass is 424 g/mol. The molecule has 0 aromatic carbocycles. The number of rotatable bonds is 4. The minimum Gasteiger partial charge on any atom is -0.313 e. The summed E-state index contributed by atoms with van der Waals surface area (Å²) in [5, 5.41) is 0. The van der Waals surface area contributed by atoms with Gasteiger partial charge in [0.15, 0.2) is 0 Å². The van der Waals surface area contributed by atoms with Gasteiger partial charge in [0.2, 0.25) is 0 Å². The third-order valence-corrected chi connectivity index (χ3v) is 5.26. The zero-order valence-electron chi connectivity index (χ0n) is 15.2. The van der Waals surface area contributed by atoms with E-state index in [4.69, 9.17) is 22.9 Å². The first-order chi connectivity index (χ1) is 14.1. The van der Waals surface area contributed by atoms with E-state index in [1.807, 2.05) is 0 Å². The first-order valence-electron chi connectivity index (χ1n) is 8.32.